The van der Waals surface area contributed by atoms with Crippen molar-refractivity contribution < 1.29 is 17.9 Å². The van der Waals surface area contributed by atoms with Crippen molar-refractivity contribution in [3.63, 3.8) is 0 Å². The number of rotatable bonds is 8. The molecule has 176 valence electrons. The second-order valence-corrected chi connectivity index (χ2v) is 11.4. The summed E-state index contributed by atoms with van der Waals surface area (Å²) in [4.78, 5) is 18.5. The molecular weight excluding hydrogens is 406 g/mol. The molecule has 1 aliphatic heterocycles. The Bertz CT molecular complexity index is 688. The highest BCUT2D eigenvalue weighted by molar-refractivity contribution is 7.88. The Morgan fingerprint density at radius 3 is 2.43 bits per heavy atom. The van der Waals surface area contributed by atoms with Crippen LogP contribution in [-0.2, 0) is 14.8 Å². The molecule has 0 aromatic carbocycles. The van der Waals surface area contributed by atoms with Crippen LogP contribution in [0.5, 0.6) is 0 Å². The maximum Gasteiger partial charge on any atom is 0.407 e. The molecule has 1 saturated heterocycles. The lowest BCUT2D eigenvalue weighted by molar-refractivity contribution is 0.0485. The van der Waals surface area contributed by atoms with E-state index in [0.717, 1.165) is 18.8 Å². The van der Waals surface area contributed by atoms with Crippen molar-refractivity contribution in [3.05, 3.63) is 0 Å². The van der Waals surface area contributed by atoms with E-state index in [9.17, 15) is 13.2 Å². The van der Waals surface area contributed by atoms with E-state index >= 15 is 0 Å². The summed E-state index contributed by atoms with van der Waals surface area (Å²) >= 11 is 0. The van der Waals surface area contributed by atoms with Crippen LogP contribution in [0.25, 0.3) is 0 Å². The van der Waals surface area contributed by atoms with Gasteiger partial charge in [-0.1, -0.05) is 13.8 Å². The molecule has 0 spiro atoms. The van der Waals surface area contributed by atoms with Crippen molar-refractivity contribution in [2.45, 2.75) is 59.1 Å². The highest BCUT2D eigenvalue weighted by Gasteiger charge is 2.28. The topological polar surface area (TPSA) is 103 Å². The number of hydrogen-bond donors (Lipinski definition) is 2. The Kier molecular flexibility index (Phi) is 9.87. The van der Waals surface area contributed by atoms with Gasteiger partial charge in [0.25, 0.3) is 0 Å². The number of aliphatic imine (C=N–C) groups is 1. The van der Waals surface area contributed by atoms with Crippen LogP contribution < -0.4 is 10.6 Å². The number of nitrogens with zero attached hydrogens (tertiary/aromatic N) is 3. The van der Waals surface area contributed by atoms with E-state index in [1.807, 2.05) is 32.7 Å². The maximum atomic E-state index is 12.1. The third kappa shape index (κ3) is 9.51. The highest BCUT2D eigenvalue weighted by Crippen LogP contribution is 2.18. The predicted molar refractivity (Wildman–Crippen MR) is 121 cm³/mol. The molecule has 2 atom stereocenters. The molecule has 2 unspecified atom stereocenters. The minimum absolute atomic E-state index is 0.0152. The van der Waals surface area contributed by atoms with Gasteiger partial charge in [-0.2, -0.15) is 0 Å². The monoisotopic (exact) mass is 447 g/mol. The predicted octanol–water partition coefficient (Wildman–Crippen LogP) is 1.71. The van der Waals surface area contributed by atoms with Gasteiger partial charge in [-0.15, -0.1) is 0 Å². The molecule has 2 N–H and O–H groups in total. The minimum Gasteiger partial charge on any atom is -0.444 e. The van der Waals surface area contributed by atoms with E-state index in [2.05, 4.69) is 29.5 Å². The van der Waals surface area contributed by atoms with Gasteiger partial charge in [0.05, 0.1) is 6.26 Å². The van der Waals surface area contributed by atoms with E-state index in [4.69, 9.17) is 4.74 Å². The molecule has 0 aliphatic carbocycles. The molecule has 0 aromatic rings. The number of hydrogen-bond acceptors (Lipinski definition) is 5. The van der Waals surface area contributed by atoms with Crippen LogP contribution in [0.1, 0.15) is 47.5 Å². The SMILES string of the molecule is CN=C(NCC1CCN(S(C)(=O)=O)C1)N(C)CCC(NC(=O)OC(C)(C)C)C(C)C. The van der Waals surface area contributed by atoms with Gasteiger partial charge in [-0.3, -0.25) is 4.99 Å². The van der Waals surface area contributed by atoms with Gasteiger partial charge >= 0.3 is 6.09 Å². The lowest BCUT2D eigenvalue weighted by Crippen LogP contribution is -2.46. The fourth-order valence-electron chi connectivity index (χ4n) is 3.36. The quantitative estimate of drug-likeness (QED) is 0.434. The van der Waals surface area contributed by atoms with Crippen molar-refractivity contribution in [2.75, 3.05) is 46.5 Å². The van der Waals surface area contributed by atoms with Gasteiger partial charge in [0, 0.05) is 46.3 Å². The lowest BCUT2D eigenvalue weighted by atomic mass is 10.0. The van der Waals surface area contributed by atoms with Crippen LogP contribution in [0.3, 0.4) is 0 Å². The number of nitrogens with one attached hydrogen (secondary N) is 2. The largest absolute Gasteiger partial charge is 0.444 e. The van der Waals surface area contributed by atoms with Crippen LogP contribution in [0.4, 0.5) is 4.79 Å². The molecule has 1 rings (SSSR count). The number of amides is 1. The molecule has 1 aliphatic rings. The van der Waals surface area contributed by atoms with E-state index in [0.29, 0.717) is 26.2 Å². The highest BCUT2D eigenvalue weighted by atomic mass is 32.2. The summed E-state index contributed by atoms with van der Waals surface area (Å²) in [5.74, 6) is 1.29. The summed E-state index contributed by atoms with van der Waals surface area (Å²) in [7, 11) is 0.564. The third-order valence-corrected chi connectivity index (χ3v) is 6.39. The van der Waals surface area contributed by atoms with Crippen LogP contribution >= 0.6 is 0 Å². The van der Waals surface area contributed by atoms with Crippen LogP contribution in [-0.4, -0.2) is 87.8 Å². The van der Waals surface area contributed by atoms with Crippen LogP contribution in [0.15, 0.2) is 4.99 Å². The Balaban J connectivity index is 2.51. The average molecular weight is 448 g/mol. The number of ether oxygens (including phenoxy) is 1. The summed E-state index contributed by atoms with van der Waals surface area (Å²) in [6.45, 7) is 12.2. The van der Waals surface area contributed by atoms with E-state index < -0.39 is 21.7 Å². The molecule has 1 amide bonds. The summed E-state index contributed by atoms with van der Waals surface area (Å²) in [6.07, 6.45) is 2.45. The van der Waals surface area contributed by atoms with Gasteiger partial charge in [0.15, 0.2) is 5.96 Å². The number of carbonyl (C=O) groups is 1. The maximum absolute atomic E-state index is 12.1. The number of carbonyl (C=O) groups excluding carboxylic acids is 1. The fourth-order valence-corrected chi connectivity index (χ4v) is 4.27. The average Bonchev–Trinajstić information content (AvgIpc) is 3.06. The fraction of sp³-hybridized carbons (Fsp3) is 0.900. The molecule has 0 aromatic heterocycles. The van der Waals surface area contributed by atoms with Crippen molar-refractivity contribution in [2.24, 2.45) is 16.8 Å². The van der Waals surface area contributed by atoms with E-state index in [1.165, 1.54) is 10.6 Å². The molecule has 0 bridgehead atoms. The van der Waals surface area contributed by atoms with E-state index in [1.54, 1.807) is 7.05 Å². The third-order valence-electron chi connectivity index (χ3n) is 5.12. The summed E-state index contributed by atoms with van der Waals surface area (Å²) in [5.41, 5.74) is -0.526. The zero-order chi connectivity index (χ0) is 23.1. The van der Waals surface area contributed by atoms with E-state index in [-0.39, 0.29) is 17.9 Å². The second kappa shape index (κ2) is 11.2. The first kappa shape index (κ1) is 26.5. The molecule has 0 saturated carbocycles. The van der Waals surface area contributed by atoms with Gasteiger partial charge in [-0.25, -0.2) is 17.5 Å². The minimum atomic E-state index is -3.12. The molecule has 30 heavy (non-hydrogen) atoms. The first-order valence-electron chi connectivity index (χ1n) is 10.6. The molecular formula is C20H41N5O4S. The molecule has 9 nitrogen and oxygen atoms in total. The van der Waals surface area contributed by atoms with Crippen LogP contribution in [0.2, 0.25) is 0 Å². The summed E-state index contributed by atoms with van der Waals surface area (Å²) < 4.78 is 30.3. The van der Waals surface area contributed by atoms with Crippen molar-refractivity contribution in [1.29, 1.82) is 0 Å². The normalized spacial score (nSPS) is 19.6. The first-order valence-corrected chi connectivity index (χ1v) is 12.4. The Hall–Kier alpha value is -1.55. The lowest BCUT2D eigenvalue weighted by Gasteiger charge is -2.29. The smallest absolute Gasteiger partial charge is 0.407 e. The number of alkyl carbamates (subject to hydrolysis) is 1. The summed E-state index contributed by atoms with van der Waals surface area (Å²) in [6, 6.07) is -0.0152. The summed E-state index contributed by atoms with van der Waals surface area (Å²) in [5, 5.41) is 6.32. The zero-order valence-electron chi connectivity index (χ0n) is 19.9. The number of sulfonamides is 1. The van der Waals surface area contributed by atoms with Gasteiger partial charge in [0.2, 0.25) is 10.0 Å². The molecule has 1 fully saturated rings. The Labute approximate surface area is 182 Å². The first-order chi connectivity index (χ1) is 13.7. The molecule has 0 radical (unpaired) electrons. The zero-order valence-corrected chi connectivity index (χ0v) is 20.7. The van der Waals surface area contributed by atoms with Crippen molar-refractivity contribution in [1.82, 2.24) is 19.8 Å². The molecule has 1 heterocycles. The van der Waals surface area contributed by atoms with Crippen molar-refractivity contribution >= 4 is 22.1 Å². The Morgan fingerprint density at radius 2 is 1.97 bits per heavy atom. The van der Waals surface area contributed by atoms with Gasteiger partial charge in [0.1, 0.15) is 5.60 Å². The second-order valence-electron chi connectivity index (χ2n) is 9.41. The van der Waals surface area contributed by atoms with Crippen LogP contribution in [0, 0.1) is 11.8 Å². The molecule has 10 heteroatoms. The number of guanidine groups is 1. The van der Waals surface area contributed by atoms with Crippen molar-refractivity contribution in [3.8, 4) is 0 Å². The Morgan fingerprint density at radius 1 is 1.33 bits per heavy atom. The standard InChI is InChI=1S/C20H41N5O4S/c1-15(2)17(23-19(26)29-20(3,4)5)10-11-24(7)18(21-6)22-13-16-9-12-25(14-16)30(8,27)28/h15-17H,9-14H2,1-8H3,(H,21,22)(H,23,26). The van der Waals surface area contributed by atoms with Gasteiger partial charge < -0.3 is 20.3 Å². The van der Waals surface area contributed by atoms with Gasteiger partial charge in [-0.05, 0) is 45.4 Å².